The maximum Gasteiger partial charge on any atom is 0.0473 e. The second-order valence-corrected chi connectivity index (χ2v) is 7.39. The van der Waals surface area contributed by atoms with Crippen LogP contribution < -0.4 is 5.32 Å². The molecule has 2 unspecified atom stereocenters. The average Bonchev–Trinajstić information content (AvgIpc) is 2.94. The highest BCUT2D eigenvalue weighted by atomic mass is 15.2. The summed E-state index contributed by atoms with van der Waals surface area (Å²) in [5.74, 6) is 0. The Morgan fingerprint density at radius 2 is 1.90 bits per heavy atom. The molecule has 21 heavy (non-hydrogen) atoms. The van der Waals surface area contributed by atoms with E-state index in [9.17, 15) is 0 Å². The molecule has 1 aromatic rings. The third kappa shape index (κ3) is 3.49. The molecule has 1 heterocycles. The van der Waals surface area contributed by atoms with Gasteiger partial charge in [-0.15, -0.1) is 0 Å². The summed E-state index contributed by atoms with van der Waals surface area (Å²) in [5.41, 5.74) is 2.02. The predicted molar refractivity (Wildman–Crippen MR) is 89.4 cm³/mol. The first-order valence-electron chi connectivity index (χ1n) is 8.72. The number of nitrogens with one attached hydrogen (secondary N) is 1. The van der Waals surface area contributed by atoms with Crippen LogP contribution in [0.15, 0.2) is 30.3 Å². The summed E-state index contributed by atoms with van der Waals surface area (Å²) in [6, 6.07) is 12.3. The fourth-order valence-electron chi connectivity index (χ4n) is 4.21. The maximum absolute atomic E-state index is 3.74. The Hall–Kier alpha value is -0.860. The van der Waals surface area contributed by atoms with Crippen LogP contribution in [-0.2, 0) is 0 Å². The van der Waals surface area contributed by atoms with Gasteiger partial charge in [-0.1, -0.05) is 57.0 Å². The Bertz CT molecular complexity index is 436. The van der Waals surface area contributed by atoms with Crippen LogP contribution in [0.1, 0.15) is 57.6 Å². The summed E-state index contributed by atoms with van der Waals surface area (Å²) < 4.78 is 0. The molecule has 1 saturated carbocycles. The molecular weight excluding hydrogens is 256 g/mol. The van der Waals surface area contributed by atoms with Crippen LogP contribution in [0.2, 0.25) is 0 Å². The lowest BCUT2D eigenvalue weighted by Gasteiger charge is -2.44. The standard InChI is InChI=1S/C19H30N2/c1-3-17-14-21(15-19(2)11-7-8-12-19)18(13-20-17)16-9-5-4-6-10-16/h4-6,9-10,17-18,20H,3,7-8,11-15H2,1-2H3. The average molecular weight is 286 g/mol. The van der Waals surface area contributed by atoms with Gasteiger partial charge >= 0.3 is 0 Å². The molecule has 1 saturated heterocycles. The van der Waals surface area contributed by atoms with Crippen LogP contribution in [0.3, 0.4) is 0 Å². The van der Waals surface area contributed by atoms with Crippen molar-refractivity contribution in [1.82, 2.24) is 10.2 Å². The first-order valence-corrected chi connectivity index (χ1v) is 8.72. The molecule has 1 aliphatic heterocycles. The van der Waals surface area contributed by atoms with Crippen molar-refractivity contribution < 1.29 is 0 Å². The molecule has 0 bridgehead atoms. The van der Waals surface area contributed by atoms with Crippen molar-refractivity contribution in [2.24, 2.45) is 5.41 Å². The van der Waals surface area contributed by atoms with E-state index in [4.69, 9.17) is 0 Å². The summed E-state index contributed by atoms with van der Waals surface area (Å²) in [4.78, 5) is 2.77. The molecule has 116 valence electrons. The Morgan fingerprint density at radius 1 is 1.19 bits per heavy atom. The number of hydrogen-bond donors (Lipinski definition) is 1. The van der Waals surface area contributed by atoms with Crippen LogP contribution in [0.5, 0.6) is 0 Å². The normalized spacial score (nSPS) is 29.6. The van der Waals surface area contributed by atoms with Crippen molar-refractivity contribution in [2.45, 2.75) is 58.0 Å². The molecule has 2 fully saturated rings. The molecule has 1 N–H and O–H groups in total. The van der Waals surface area contributed by atoms with Crippen molar-refractivity contribution in [3.05, 3.63) is 35.9 Å². The van der Waals surface area contributed by atoms with Crippen LogP contribution in [0, 0.1) is 5.41 Å². The largest absolute Gasteiger partial charge is 0.311 e. The highest BCUT2D eigenvalue weighted by Crippen LogP contribution is 2.40. The van der Waals surface area contributed by atoms with Gasteiger partial charge in [0.25, 0.3) is 0 Å². The molecule has 2 heteroatoms. The molecule has 0 radical (unpaired) electrons. The van der Waals surface area contributed by atoms with Crippen molar-refractivity contribution in [2.75, 3.05) is 19.6 Å². The van der Waals surface area contributed by atoms with Crippen LogP contribution in [0.25, 0.3) is 0 Å². The van der Waals surface area contributed by atoms with Gasteiger partial charge in [-0.3, -0.25) is 4.90 Å². The highest BCUT2D eigenvalue weighted by molar-refractivity contribution is 5.20. The Morgan fingerprint density at radius 3 is 2.57 bits per heavy atom. The van der Waals surface area contributed by atoms with Gasteiger partial charge in [0.15, 0.2) is 0 Å². The van der Waals surface area contributed by atoms with E-state index >= 15 is 0 Å². The van der Waals surface area contributed by atoms with Gasteiger partial charge in [0.1, 0.15) is 0 Å². The van der Waals surface area contributed by atoms with E-state index < -0.39 is 0 Å². The Balaban J connectivity index is 1.77. The second-order valence-electron chi connectivity index (χ2n) is 7.39. The van der Waals surface area contributed by atoms with Crippen molar-refractivity contribution in [1.29, 1.82) is 0 Å². The third-order valence-electron chi connectivity index (χ3n) is 5.57. The van der Waals surface area contributed by atoms with Gasteiger partial charge in [-0.05, 0) is 30.2 Å². The van der Waals surface area contributed by atoms with E-state index in [-0.39, 0.29) is 0 Å². The first kappa shape index (κ1) is 15.1. The monoisotopic (exact) mass is 286 g/mol. The fraction of sp³-hybridized carbons (Fsp3) is 0.684. The van der Waals surface area contributed by atoms with Gasteiger partial charge in [0.05, 0.1) is 0 Å². The Kier molecular flexibility index (Phi) is 4.66. The number of rotatable bonds is 4. The summed E-state index contributed by atoms with van der Waals surface area (Å²) in [5, 5.41) is 3.74. The van der Waals surface area contributed by atoms with Gasteiger partial charge in [-0.2, -0.15) is 0 Å². The summed E-state index contributed by atoms with van der Waals surface area (Å²) in [7, 11) is 0. The third-order valence-corrected chi connectivity index (χ3v) is 5.57. The zero-order chi connectivity index (χ0) is 14.7. The smallest absolute Gasteiger partial charge is 0.0473 e. The van der Waals surface area contributed by atoms with Crippen LogP contribution in [0.4, 0.5) is 0 Å². The molecule has 1 aromatic carbocycles. The maximum atomic E-state index is 3.74. The van der Waals surface area contributed by atoms with E-state index in [1.165, 1.54) is 50.8 Å². The van der Waals surface area contributed by atoms with E-state index in [2.05, 4.69) is 54.4 Å². The number of piperazine rings is 1. The molecular formula is C19H30N2. The molecule has 1 aliphatic carbocycles. The Labute approximate surface area is 129 Å². The van der Waals surface area contributed by atoms with E-state index in [0.717, 1.165) is 6.54 Å². The predicted octanol–water partition coefficient (Wildman–Crippen LogP) is 3.99. The summed E-state index contributed by atoms with van der Waals surface area (Å²) in [6.45, 7) is 8.37. The molecule has 0 aromatic heterocycles. The van der Waals surface area contributed by atoms with Gasteiger partial charge in [-0.25, -0.2) is 0 Å². The van der Waals surface area contributed by atoms with Crippen molar-refractivity contribution >= 4 is 0 Å². The number of benzene rings is 1. The zero-order valence-corrected chi connectivity index (χ0v) is 13.6. The van der Waals surface area contributed by atoms with E-state index in [1.54, 1.807) is 0 Å². The van der Waals surface area contributed by atoms with Gasteiger partial charge < -0.3 is 5.32 Å². The fourth-order valence-corrected chi connectivity index (χ4v) is 4.21. The minimum atomic E-state index is 0.544. The minimum absolute atomic E-state index is 0.544. The molecule has 2 aliphatic rings. The van der Waals surface area contributed by atoms with Gasteiger partial charge in [0, 0.05) is 31.7 Å². The molecule has 2 nitrogen and oxygen atoms in total. The van der Waals surface area contributed by atoms with Crippen LogP contribution >= 0.6 is 0 Å². The lowest BCUT2D eigenvalue weighted by molar-refractivity contribution is 0.0779. The topological polar surface area (TPSA) is 15.3 Å². The highest BCUT2D eigenvalue weighted by Gasteiger charge is 2.36. The number of nitrogens with zero attached hydrogens (tertiary/aromatic N) is 1. The molecule has 2 atom stereocenters. The molecule has 0 spiro atoms. The van der Waals surface area contributed by atoms with E-state index in [1.807, 2.05) is 0 Å². The lowest BCUT2D eigenvalue weighted by atomic mass is 9.86. The van der Waals surface area contributed by atoms with Gasteiger partial charge in [0.2, 0.25) is 0 Å². The second kappa shape index (κ2) is 6.50. The van der Waals surface area contributed by atoms with Crippen molar-refractivity contribution in [3.8, 4) is 0 Å². The summed E-state index contributed by atoms with van der Waals surface area (Å²) >= 11 is 0. The number of hydrogen-bond acceptors (Lipinski definition) is 2. The quantitative estimate of drug-likeness (QED) is 0.900. The zero-order valence-electron chi connectivity index (χ0n) is 13.6. The van der Waals surface area contributed by atoms with Crippen molar-refractivity contribution in [3.63, 3.8) is 0 Å². The van der Waals surface area contributed by atoms with Crippen LogP contribution in [-0.4, -0.2) is 30.6 Å². The first-order chi connectivity index (χ1) is 10.2. The lowest BCUT2D eigenvalue weighted by Crippen LogP contribution is -2.54. The SMILES string of the molecule is CCC1CN(CC2(C)CCCC2)C(c2ccccc2)CN1. The molecule has 3 rings (SSSR count). The van der Waals surface area contributed by atoms with E-state index in [0.29, 0.717) is 17.5 Å². The molecule has 0 amide bonds. The summed E-state index contributed by atoms with van der Waals surface area (Å²) in [6.07, 6.45) is 6.91. The minimum Gasteiger partial charge on any atom is -0.311 e.